The highest BCUT2D eigenvalue weighted by atomic mass is 35.5. The summed E-state index contributed by atoms with van der Waals surface area (Å²) in [6, 6.07) is 14.7. The molecule has 2 heterocycles. The Morgan fingerprint density at radius 1 is 1.17 bits per heavy atom. The van der Waals surface area contributed by atoms with Crippen LogP contribution >= 0.6 is 11.6 Å². The van der Waals surface area contributed by atoms with E-state index in [1.807, 2.05) is 35.2 Å². The average molecular weight is 414 g/mol. The van der Waals surface area contributed by atoms with Crippen LogP contribution in [0.15, 0.2) is 48.5 Å². The third kappa shape index (κ3) is 4.03. The maximum Gasteiger partial charge on any atom is 0.321 e. The monoisotopic (exact) mass is 413 g/mol. The van der Waals surface area contributed by atoms with Crippen molar-refractivity contribution in [2.75, 3.05) is 32.1 Å². The second-order valence-electron chi connectivity index (χ2n) is 7.72. The van der Waals surface area contributed by atoms with E-state index in [2.05, 4.69) is 5.32 Å². The van der Waals surface area contributed by atoms with Gasteiger partial charge in [-0.3, -0.25) is 4.79 Å². The molecule has 3 amide bonds. The number of carbonyl (C=O) groups is 2. The van der Waals surface area contributed by atoms with Crippen molar-refractivity contribution < 1.29 is 14.3 Å². The minimum Gasteiger partial charge on any atom is -0.497 e. The molecule has 7 heteroatoms. The van der Waals surface area contributed by atoms with Gasteiger partial charge in [-0.25, -0.2) is 4.79 Å². The molecule has 1 spiro atoms. The molecule has 0 unspecified atom stereocenters. The zero-order valence-corrected chi connectivity index (χ0v) is 17.1. The molecule has 152 valence electrons. The summed E-state index contributed by atoms with van der Waals surface area (Å²) in [5.74, 6) is 1.01. The van der Waals surface area contributed by atoms with E-state index in [0.717, 1.165) is 17.9 Å². The van der Waals surface area contributed by atoms with Crippen LogP contribution in [0.25, 0.3) is 0 Å². The molecule has 0 bridgehead atoms. The predicted molar refractivity (Wildman–Crippen MR) is 112 cm³/mol. The molecule has 4 rings (SSSR count). The Hall–Kier alpha value is -2.73. The fourth-order valence-electron chi connectivity index (χ4n) is 4.11. The smallest absolute Gasteiger partial charge is 0.321 e. The van der Waals surface area contributed by atoms with Gasteiger partial charge in [-0.05, 0) is 48.7 Å². The largest absolute Gasteiger partial charge is 0.497 e. The molecule has 2 aliphatic heterocycles. The third-order valence-electron chi connectivity index (χ3n) is 5.85. The fourth-order valence-corrected chi connectivity index (χ4v) is 4.30. The van der Waals surface area contributed by atoms with Crippen molar-refractivity contribution in [3.63, 3.8) is 0 Å². The van der Waals surface area contributed by atoms with Crippen molar-refractivity contribution in [2.45, 2.75) is 19.4 Å². The van der Waals surface area contributed by atoms with Crippen LogP contribution in [0.3, 0.4) is 0 Å². The van der Waals surface area contributed by atoms with Crippen LogP contribution in [-0.4, -0.2) is 48.5 Å². The van der Waals surface area contributed by atoms with Gasteiger partial charge in [0.2, 0.25) is 5.91 Å². The highest BCUT2D eigenvalue weighted by Gasteiger charge is 2.53. The summed E-state index contributed by atoms with van der Waals surface area (Å²) in [6.45, 7) is 2.52. The van der Waals surface area contributed by atoms with Crippen LogP contribution in [0.1, 0.15) is 18.4 Å². The van der Waals surface area contributed by atoms with Crippen LogP contribution in [0.2, 0.25) is 5.02 Å². The van der Waals surface area contributed by atoms with E-state index in [0.29, 0.717) is 43.2 Å². The van der Waals surface area contributed by atoms with Gasteiger partial charge >= 0.3 is 6.03 Å². The van der Waals surface area contributed by atoms with Gasteiger partial charge in [0.25, 0.3) is 0 Å². The molecule has 29 heavy (non-hydrogen) atoms. The zero-order chi connectivity index (χ0) is 20.4. The number of halogens is 1. The Labute approximate surface area is 175 Å². The van der Waals surface area contributed by atoms with Gasteiger partial charge in [0, 0.05) is 36.9 Å². The molecule has 2 aliphatic rings. The minimum absolute atomic E-state index is 0.149. The van der Waals surface area contributed by atoms with Crippen LogP contribution < -0.4 is 10.1 Å². The fraction of sp³-hybridized carbons (Fsp3) is 0.364. The zero-order valence-electron chi connectivity index (χ0n) is 16.4. The second-order valence-corrected chi connectivity index (χ2v) is 8.15. The molecule has 6 nitrogen and oxygen atoms in total. The average Bonchev–Trinajstić information content (AvgIpc) is 2.74. The Balaban J connectivity index is 1.29. The third-order valence-corrected chi connectivity index (χ3v) is 6.09. The molecule has 1 N–H and O–H groups in total. The number of hydrogen-bond donors (Lipinski definition) is 1. The summed E-state index contributed by atoms with van der Waals surface area (Å²) in [5.41, 5.74) is 1.46. The molecule has 0 aromatic heterocycles. The first-order valence-electron chi connectivity index (χ1n) is 9.73. The highest BCUT2D eigenvalue weighted by molar-refractivity contribution is 6.30. The van der Waals surface area contributed by atoms with Crippen LogP contribution in [0.5, 0.6) is 5.75 Å². The summed E-state index contributed by atoms with van der Waals surface area (Å²) >= 11 is 5.97. The van der Waals surface area contributed by atoms with Gasteiger partial charge in [0.05, 0.1) is 12.5 Å². The van der Waals surface area contributed by atoms with E-state index in [9.17, 15) is 9.59 Å². The Morgan fingerprint density at radius 3 is 2.52 bits per heavy atom. The molecule has 0 aliphatic carbocycles. The number of benzene rings is 2. The SMILES string of the molecule is COc1ccc(CN2CC3(CCN(C(=O)Nc4cccc(Cl)c4)CC3)C2=O)cc1. The number of urea groups is 1. The van der Waals surface area contributed by atoms with Gasteiger partial charge in [0.15, 0.2) is 0 Å². The van der Waals surface area contributed by atoms with E-state index in [1.54, 1.807) is 30.2 Å². The summed E-state index contributed by atoms with van der Waals surface area (Å²) in [6.07, 6.45) is 1.40. The Kier molecular flexibility index (Phi) is 5.37. The maximum atomic E-state index is 12.8. The number of anilines is 1. The van der Waals surface area contributed by atoms with Crippen molar-refractivity contribution >= 4 is 29.2 Å². The number of hydrogen-bond acceptors (Lipinski definition) is 3. The van der Waals surface area contributed by atoms with E-state index >= 15 is 0 Å². The summed E-state index contributed by atoms with van der Waals surface area (Å²) in [4.78, 5) is 29.0. The number of carbonyl (C=O) groups excluding carboxylic acids is 2. The summed E-state index contributed by atoms with van der Waals surface area (Å²) in [7, 11) is 1.64. The quantitative estimate of drug-likeness (QED) is 0.770. The van der Waals surface area contributed by atoms with Crippen molar-refractivity contribution in [2.24, 2.45) is 5.41 Å². The lowest BCUT2D eigenvalue weighted by Gasteiger charge is -2.52. The number of rotatable bonds is 4. The number of nitrogens with zero attached hydrogens (tertiary/aromatic N) is 2. The van der Waals surface area contributed by atoms with Gasteiger partial charge in [0.1, 0.15) is 5.75 Å². The molecule has 2 aromatic carbocycles. The lowest BCUT2D eigenvalue weighted by Crippen LogP contribution is -2.64. The van der Waals surface area contributed by atoms with Crippen LogP contribution in [-0.2, 0) is 11.3 Å². The first-order valence-corrected chi connectivity index (χ1v) is 10.1. The van der Waals surface area contributed by atoms with Crippen molar-refractivity contribution in [1.29, 1.82) is 0 Å². The summed E-state index contributed by atoms with van der Waals surface area (Å²) < 4.78 is 5.17. The topological polar surface area (TPSA) is 61.9 Å². The number of amides is 3. The molecule has 0 radical (unpaired) electrons. The van der Waals surface area contributed by atoms with Gasteiger partial charge in [-0.2, -0.15) is 0 Å². The standard InChI is InChI=1S/C22H24ClN3O3/c1-29-19-7-5-16(6-8-19)14-26-15-22(20(26)27)9-11-25(12-10-22)21(28)24-18-4-2-3-17(23)13-18/h2-8,13H,9-12,14-15H2,1H3,(H,24,28). The maximum absolute atomic E-state index is 12.8. The molecule has 2 aromatic rings. The number of ether oxygens (including phenoxy) is 1. The van der Waals surface area contributed by atoms with Gasteiger partial charge in [-0.15, -0.1) is 0 Å². The first kappa shape index (κ1) is 19.6. The second kappa shape index (κ2) is 7.95. The molecular weight excluding hydrogens is 390 g/mol. The van der Waals surface area contributed by atoms with E-state index in [4.69, 9.17) is 16.3 Å². The van der Waals surface area contributed by atoms with Gasteiger partial charge in [-0.1, -0.05) is 29.8 Å². The number of piperidine rings is 1. The molecule has 2 saturated heterocycles. The van der Waals surface area contributed by atoms with E-state index in [-0.39, 0.29) is 17.4 Å². The lowest BCUT2D eigenvalue weighted by atomic mass is 9.71. The number of β-lactam (4-membered cyclic amide) rings is 1. The molecular formula is C22H24ClN3O3. The lowest BCUT2D eigenvalue weighted by molar-refractivity contribution is -0.165. The van der Waals surface area contributed by atoms with Crippen LogP contribution in [0, 0.1) is 5.41 Å². The number of nitrogens with one attached hydrogen (secondary N) is 1. The number of likely N-dealkylation sites (tertiary alicyclic amines) is 2. The molecule has 0 saturated carbocycles. The van der Waals surface area contributed by atoms with Crippen LogP contribution in [0.4, 0.5) is 10.5 Å². The number of methoxy groups -OCH3 is 1. The van der Waals surface area contributed by atoms with E-state index < -0.39 is 0 Å². The van der Waals surface area contributed by atoms with Gasteiger partial charge < -0.3 is 19.9 Å². The van der Waals surface area contributed by atoms with E-state index in [1.165, 1.54) is 0 Å². The van der Waals surface area contributed by atoms with Crippen molar-refractivity contribution in [3.8, 4) is 5.75 Å². The molecule has 0 atom stereocenters. The van der Waals surface area contributed by atoms with Crippen molar-refractivity contribution in [3.05, 3.63) is 59.1 Å². The predicted octanol–water partition coefficient (Wildman–Crippen LogP) is 4.01. The normalized spacial score (nSPS) is 17.8. The first-order chi connectivity index (χ1) is 14.0. The Bertz CT molecular complexity index is 908. The molecule has 2 fully saturated rings. The highest BCUT2D eigenvalue weighted by Crippen LogP contribution is 2.42. The van der Waals surface area contributed by atoms with Crippen molar-refractivity contribution in [1.82, 2.24) is 9.80 Å². The Morgan fingerprint density at radius 2 is 1.90 bits per heavy atom. The summed E-state index contributed by atoms with van der Waals surface area (Å²) in [5, 5.41) is 3.46. The minimum atomic E-state index is -0.306.